The summed E-state index contributed by atoms with van der Waals surface area (Å²) in [6, 6.07) is 9.79. The van der Waals surface area contributed by atoms with Gasteiger partial charge in [-0.3, -0.25) is 0 Å². The molecule has 12 nitrogen and oxygen atoms in total. The van der Waals surface area contributed by atoms with E-state index < -0.39 is 24.1 Å². The van der Waals surface area contributed by atoms with Crippen LogP contribution < -0.4 is 0 Å². The van der Waals surface area contributed by atoms with Gasteiger partial charge in [0.05, 0.1) is 88.6 Å². The predicted octanol–water partition coefficient (Wildman–Crippen LogP) is 6.08. The molecule has 2 aromatic rings. The number of benzene rings is 2. The van der Waals surface area contributed by atoms with Gasteiger partial charge < -0.3 is 37.9 Å². The molecule has 0 bridgehead atoms. The van der Waals surface area contributed by atoms with Crippen molar-refractivity contribution in [2.24, 2.45) is 10.2 Å². The Morgan fingerprint density at radius 2 is 0.955 bits per heavy atom. The predicted molar refractivity (Wildman–Crippen MR) is 169 cm³/mol. The van der Waals surface area contributed by atoms with Gasteiger partial charge in [-0.25, -0.2) is 9.59 Å². The van der Waals surface area contributed by atoms with Crippen molar-refractivity contribution in [2.45, 2.75) is 26.1 Å². The lowest BCUT2D eigenvalue weighted by molar-refractivity contribution is -0.0170. The molecule has 0 spiro atoms. The van der Waals surface area contributed by atoms with Crippen molar-refractivity contribution in [3.63, 3.8) is 0 Å². The van der Waals surface area contributed by atoms with E-state index in [-0.39, 0.29) is 13.2 Å². The van der Waals surface area contributed by atoms with E-state index in [9.17, 15) is 9.59 Å². The first-order valence-corrected chi connectivity index (χ1v) is 15.5. The van der Waals surface area contributed by atoms with Crippen molar-refractivity contribution in [1.29, 1.82) is 0 Å². The molecule has 0 N–H and O–H groups in total. The summed E-state index contributed by atoms with van der Waals surface area (Å²) >= 11 is 6.81. The molecule has 244 valence electrons. The number of carbonyl (C=O) groups is 2. The zero-order valence-corrected chi connectivity index (χ0v) is 28.6. The second kappa shape index (κ2) is 22.2. The van der Waals surface area contributed by atoms with Crippen LogP contribution in [-0.2, 0) is 37.9 Å². The number of hydrogen-bond donors (Lipinski definition) is 0. The summed E-state index contributed by atoms with van der Waals surface area (Å²) in [6.45, 7) is 7.55. The molecular formula is C30H40Br2N2O10. The quantitative estimate of drug-likeness (QED) is 0.0794. The molecule has 2 aromatic carbocycles. The zero-order chi connectivity index (χ0) is 32.2. The van der Waals surface area contributed by atoms with Gasteiger partial charge in [0.25, 0.3) is 0 Å². The molecule has 0 aliphatic carbocycles. The molecule has 0 aliphatic rings. The normalized spacial score (nSPS) is 12.8. The number of rotatable bonds is 22. The molecule has 44 heavy (non-hydrogen) atoms. The molecule has 0 unspecified atom stereocenters. The Hall–Kier alpha value is -2.30. The summed E-state index contributed by atoms with van der Waals surface area (Å²) in [4.78, 5) is 25.5. The largest absolute Gasteiger partial charge is 0.457 e. The topological polar surface area (TPSA) is 133 Å². The van der Waals surface area contributed by atoms with Crippen LogP contribution >= 0.6 is 31.9 Å². The highest BCUT2D eigenvalue weighted by Crippen LogP contribution is 2.27. The minimum absolute atomic E-state index is 0.226. The van der Waals surface area contributed by atoms with Crippen LogP contribution in [0.4, 0.5) is 11.4 Å². The molecule has 0 heterocycles. The molecule has 0 saturated carbocycles. The third-order valence-corrected chi connectivity index (χ3v) is 6.36. The van der Waals surface area contributed by atoms with Gasteiger partial charge in [-0.1, -0.05) is 31.9 Å². The van der Waals surface area contributed by atoms with E-state index >= 15 is 0 Å². The molecular weight excluding hydrogens is 708 g/mol. The van der Waals surface area contributed by atoms with Gasteiger partial charge in [-0.05, 0) is 50.2 Å². The lowest BCUT2D eigenvalue weighted by atomic mass is 10.2. The van der Waals surface area contributed by atoms with Gasteiger partial charge in [0.1, 0.15) is 12.2 Å². The maximum absolute atomic E-state index is 12.7. The van der Waals surface area contributed by atoms with E-state index in [0.717, 1.165) is 0 Å². The van der Waals surface area contributed by atoms with Crippen molar-refractivity contribution in [3.05, 3.63) is 56.5 Å². The SMILES string of the molecule is COCCOCCOC[C@H](C)OC(=O)c1cc(Br)cc(N=Nc2cc(Br)cc(C(=O)O[C@@H](C)COCCOCCOC)c2)c1. The molecule has 0 aromatic heterocycles. The van der Waals surface area contributed by atoms with E-state index in [1.54, 1.807) is 64.5 Å². The maximum atomic E-state index is 12.7. The van der Waals surface area contributed by atoms with Gasteiger partial charge in [0.2, 0.25) is 0 Å². The maximum Gasteiger partial charge on any atom is 0.338 e. The summed E-state index contributed by atoms with van der Waals surface area (Å²) in [7, 11) is 3.21. The third-order valence-electron chi connectivity index (χ3n) is 5.45. The first-order valence-electron chi connectivity index (χ1n) is 14.0. The van der Waals surface area contributed by atoms with Crippen LogP contribution in [0.15, 0.2) is 55.6 Å². The van der Waals surface area contributed by atoms with Gasteiger partial charge in [-0.15, -0.1) is 0 Å². The molecule has 2 rings (SSSR count). The molecule has 2 atom stereocenters. The lowest BCUT2D eigenvalue weighted by Gasteiger charge is -2.14. The summed E-state index contributed by atoms with van der Waals surface area (Å²) in [5, 5.41) is 8.51. The zero-order valence-electron chi connectivity index (χ0n) is 25.4. The van der Waals surface area contributed by atoms with Crippen LogP contribution in [0.25, 0.3) is 0 Å². The molecule has 0 amide bonds. The Bertz CT molecular complexity index is 1100. The first kappa shape index (κ1) is 37.9. The Morgan fingerprint density at radius 1 is 0.591 bits per heavy atom. The summed E-state index contributed by atoms with van der Waals surface area (Å²) < 4.78 is 43.7. The monoisotopic (exact) mass is 746 g/mol. The minimum atomic E-state index is -0.528. The fourth-order valence-electron chi connectivity index (χ4n) is 3.41. The average molecular weight is 748 g/mol. The van der Waals surface area contributed by atoms with Gasteiger partial charge in [-0.2, -0.15) is 10.2 Å². The number of halogens is 2. The number of carbonyl (C=O) groups excluding carboxylic acids is 2. The van der Waals surface area contributed by atoms with Gasteiger partial charge >= 0.3 is 11.9 Å². The minimum Gasteiger partial charge on any atom is -0.457 e. The van der Waals surface area contributed by atoms with Gasteiger partial charge in [0.15, 0.2) is 0 Å². The van der Waals surface area contributed by atoms with Crippen LogP contribution in [-0.4, -0.2) is 104 Å². The van der Waals surface area contributed by atoms with Gasteiger partial charge in [0, 0.05) is 23.2 Å². The second-order valence-corrected chi connectivity index (χ2v) is 11.2. The number of azo groups is 1. The highest BCUT2D eigenvalue weighted by molar-refractivity contribution is 9.10. The number of methoxy groups -OCH3 is 2. The summed E-state index contributed by atoms with van der Waals surface area (Å²) in [5.74, 6) is -1.06. The van der Waals surface area contributed by atoms with E-state index in [0.29, 0.717) is 84.3 Å². The van der Waals surface area contributed by atoms with E-state index in [1.807, 2.05) is 0 Å². The summed E-state index contributed by atoms with van der Waals surface area (Å²) in [6.07, 6.45) is -0.945. The number of hydrogen-bond acceptors (Lipinski definition) is 12. The van der Waals surface area contributed by atoms with E-state index in [1.165, 1.54) is 0 Å². The molecule has 0 radical (unpaired) electrons. The van der Waals surface area contributed by atoms with Crippen molar-refractivity contribution < 1.29 is 47.5 Å². The van der Waals surface area contributed by atoms with Crippen molar-refractivity contribution in [1.82, 2.24) is 0 Å². The standard InChI is InChI=1S/C30H40Br2N2O10/c1-21(19-41-11-9-39-7-5-37-3)43-29(35)23-13-25(31)17-27(15-23)33-34-28-16-24(14-26(32)18-28)30(36)44-22(2)20-42-12-10-40-8-6-38-4/h13-18,21-22H,5-12,19-20H2,1-4H3/t21-,22-/m0/s1. The third kappa shape index (κ3) is 16.1. The van der Waals surface area contributed by atoms with Crippen LogP contribution in [0.1, 0.15) is 34.6 Å². The van der Waals surface area contributed by atoms with Crippen LogP contribution in [0.2, 0.25) is 0 Å². The lowest BCUT2D eigenvalue weighted by Crippen LogP contribution is -2.21. The number of nitrogens with zero attached hydrogens (tertiary/aromatic N) is 2. The van der Waals surface area contributed by atoms with Crippen LogP contribution in [0.3, 0.4) is 0 Å². The van der Waals surface area contributed by atoms with Crippen LogP contribution in [0, 0.1) is 0 Å². The highest BCUT2D eigenvalue weighted by Gasteiger charge is 2.16. The Balaban J connectivity index is 1.91. The fourth-order valence-corrected chi connectivity index (χ4v) is 4.37. The highest BCUT2D eigenvalue weighted by atomic mass is 79.9. The first-order chi connectivity index (χ1) is 21.2. The van der Waals surface area contributed by atoms with Crippen molar-refractivity contribution in [3.8, 4) is 0 Å². The second-order valence-electron chi connectivity index (χ2n) is 9.39. The Labute approximate surface area is 274 Å². The number of esters is 2. The molecule has 0 aliphatic heterocycles. The van der Waals surface area contributed by atoms with Crippen molar-refractivity contribution >= 4 is 55.2 Å². The molecule has 0 saturated heterocycles. The smallest absolute Gasteiger partial charge is 0.338 e. The average Bonchev–Trinajstić information content (AvgIpc) is 2.98. The fraction of sp³-hybridized carbons (Fsp3) is 0.533. The Morgan fingerprint density at radius 3 is 1.34 bits per heavy atom. The Kier molecular flexibility index (Phi) is 19.2. The summed E-state index contributed by atoms with van der Waals surface area (Å²) in [5.41, 5.74) is 1.40. The number of ether oxygens (including phenoxy) is 8. The van der Waals surface area contributed by atoms with E-state index in [4.69, 9.17) is 37.9 Å². The molecule has 0 fully saturated rings. The molecule has 14 heteroatoms. The van der Waals surface area contributed by atoms with Crippen LogP contribution in [0.5, 0.6) is 0 Å². The van der Waals surface area contributed by atoms with E-state index in [2.05, 4.69) is 42.1 Å². The van der Waals surface area contributed by atoms with Crippen molar-refractivity contribution in [2.75, 3.05) is 80.3 Å².